The van der Waals surface area contributed by atoms with Crippen molar-refractivity contribution in [2.24, 2.45) is 0 Å². The zero-order valence-electron chi connectivity index (χ0n) is 22.3. The minimum atomic E-state index is -0.276. The second kappa shape index (κ2) is 12.8. The van der Waals surface area contributed by atoms with Gasteiger partial charge in [0.2, 0.25) is 11.8 Å². The minimum absolute atomic E-state index is 0.00115. The Labute approximate surface area is 238 Å². The molecule has 40 heavy (non-hydrogen) atoms. The Morgan fingerprint density at radius 1 is 0.850 bits per heavy atom. The Morgan fingerprint density at radius 2 is 1.57 bits per heavy atom. The molecule has 1 atom stereocenters. The predicted octanol–water partition coefficient (Wildman–Crippen LogP) is 5.52. The van der Waals surface area contributed by atoms with E-state index in [1.165, 1.54) is 0 Å². The molecule has 206 valence electrons. The van der Waals surface area contributed by atoms with Crippen LogP contribution in [0.25, 0.3) is 22.0 Å². The molecule has 0 aliphatic carbocycles. The van der Waals surface area contributed by atoms with E-state index < -0.39 is 0 Å². The first-order valence-electron chi connectivity index (χ1n) is 13.7. The number of nitrogens with one attached hydrogen (secondary N) is 3. The number of amides is 3. The van der Waals surface area contributed by atoms with Crippen molar-refractivity contribution in [3.8, 4) is 11.1 Å². The number of hydrogen-bond donors (Lipinski definition) is 3. The van der Waals surface area contributed by atoms with E-state index in [1.807, 2.05) is 60.7 Å². The van der Waals surface area contributed by atoms with E-state index in [0.717, 1.165) is 27.6 Å². The van der Waals surface area contributed by atoms with Gasteiger partial charge in [-0.1, -0.05) is 72.3 Å². The maximum Gasteiger partial charge on any atom is 0.271 e. The molecular formula is C32H33ClN4O3. The van der Waals surface area contributed by atoms with Gasteiger partial charge in [-0.05, 0) is 54.5 Å². The van der Waals surface area contributed by atoms with Crippen molar-refractivity contribution in [3.63, 3.8) is 0 Å². The van der Waals surface area contributed by atoms with Crippen molar-refractivity contribution < 1.29 is 14.4 Å². The van der Waals surface area contributed by atoms with Crippen LogP contribution in [-0.4, -0.2) is 53.8 Å². The molecule has 8 heteroatoms. The molecule has 1 aliphatic heterocycles. The molecule has 1 aliphatic rings. The maximum atomic E-state index is 14.0. The molecular weight excluding hydrogens is 524 g/mol. The molecule has 2 heterocycles. The van der Waals surface area contributed by atoms with Crippen molar-refractivity contribution >= 4 is 40.2 Å². The normalized spacial score (nSPS) is 17.6. The summed E-state index contributed by atoms with van der Waals surface area (Å²) in [5.41, 5.74) is 3.98. The summed E-state index contributed by atoms with van der Waals surface area (Å²) in [5.74, 6) is -0.332. The first-order valence-corrected chi connectivity index (χ1v) is 14.1. The number of carbonyl (C=O) groups is 3. The van der Waals surface area contributed by atoms with Gasteiger partial charge in [-0.15, -0.1) is 0 Å². The number of benzene rings is 3. The molecule has 4 aromatic rings. The van der Waals surface area contributed by atoms with E-state index in [2.05, 4.69) is 27.8 Å². The summed E-state index contributed by atoms with van der Waals surface area (Å²) < 4.78 is 0. The lowest BCUT2D eigenvalue weighted by Gasteiger charge is -2.24. The van der Waals surface area contributed by atoms with Crippen LogP contribution in [0.5, 0.6) is 0 Å². The molecule has 3 N–H and O–H groups in total. The highest BCUT2D eigenvalue weighted by molar-refractivity contribution is 6.31. The number of H-pyrrole nitrogens is 1. The van der Waals surface area contributed by atoms with Crippen LogP contribution < -0.4 is 10.6 Å². The van der Waals surface area contributed by atoms with Gasteiger partial charge in [-0.2, -0.15) is 0 Å². The Balaban J connectivity index is 1.40. The zero-order valence-corrected chi connectivity index (χ0v) is 23.0. The molecule has 3 aromatic carbocycles. The number of aromatic amines is 1. The molecule has 3 amide bonds. The molecule has 1 unspecified atom stereocenters. The number of fused-ring (bicyclic) bond motifs is 1. The summed E-state index contributed by atoms with van der Waals surface area (Å²) in [6, 6.07) is 25.2. The van der Waals surface area contributed by atoms with E-state index in [-0.39, 0.29) is 30.2 Å². The van der Waals surface area contributed by atoms with Crippen LogP contribution in [0.15, 0.2) is 78.9 Å². The predicted molar refractivity (Wildman–Crippen MR) is 158 cm³/mol. The van der Waals surface area contributed by atoms with Gasteiger partial charge in [0, 0.05) is 47.5 Å². The van der Waals surface area contributed by atoms with Gasteiger partial charge < -0.3 is 20.5 Å². The van der Waals surface area contributed by atoms with Gasteiger partial charge in [0.05, 0.1) is 6.54 Å². The van der Waals surface area contributed by atoms with Crippen LogP contribution in [-0.2, 0) is 9.59 Å². The number of carbonyl (C=O) groups excluding carboxylic acids is 3. The maximum absolute atomic E-state index is 14.0. The van der Waals surface area contributed by atoms with Crippen molar-refractivity contribution in [1.82, 2.24) is 20.5 Å². The monoisotopic (exact) mass is 556 g/mol. The van der Waals surface area contributed by atoms with E-state index in [0.29, 0.717) is 56.0 Å². The van der Waals surface area contributed by atoms with Crippen LogP contribution >= 0.6 is 11.6 Å². The Morgan fingerprint density at radius 3 is 2.35 bits per heavy atom. The van der Waals surface area contributed by atoms with Crippen LogP contribution in [0.1, 0.15) is 47.7 Å². The minimum Gasteiger partial charge on any atom is -0.356 e. The van der Waals surface area contributed by atoms with Gasteiger partial charge in [0.15, 0.2) is 0 Å². The quantitative estimate of drug-likeness (QED) is 0.310. The van der Waals surface area contributed by atoms with E-state index in [1.54, 1.807) is 11.0 Å². The lowest BCUT2D eigenvalue weighted by molar-refractivity contribution is -0.123. The fourth-order valence-electron chi connectivity index (χ4n) is 5.35. The fraction of sp³-hybridized carbons (Fsp3) is 0.281. The lowest BCUT2D eigenvalue weighted by atomic mass is 9.91. The van der Waals surface area contributed by atoms with Gasteiger partial charge in [0.25, 0.3) is 5.91 Å². The molecule has 5 rings (SSSR count). The van der Waals surface area contributed by atoms with Crippen LogP contribution in [0.3, 0.4) is 0 Å². The van der Waals surface area contributed by atoms with Crippen molar-refractivity contribution in [3.05, 3.63) is 95.1 Å². The molecule has 0 saturated carbocycles. The average Bonchev–Trinajstić information content (AvgIpc) is 3.35. The van der Waals surface area contributed by atoms with Crippen LogP contribution in [0.4, 0.5) is 0 Å². The molecule has 1 saturated heterocycles. The van der Waals surface area contributed by atoms with Crippen molar-refractivity contribution in [1.29, 1.82) is 0 Å². The average molecular weight is 557 g/mol. The molecule has 0 bridgehead atoms. The highest BCUT2D eigenvalue weighted by atomic mass is 35.5. The first-order chi connectivity index (χ1) is 19.5. The Kier molecular flexibility index (Phi) is 8.81. The third-order valence-electron chi connectivity index (χ3n) is 7.39. The van der Waals surface area contributed by atoms with Crippen molar-refractivity contribution in [2.75, 3.05) is 26.2 Å². The Hall–Kier alpha value is -4.10. The van der Waals surface area contributed by atoms with E-state index >= 15 is 0 Å². The molecule has 1 aromatic heterocycles. The topological polar surface area (TPSA) is 94.3 Å². The number of rotatable bonds is 3. The van der Waals surface area contributed by atoms with E-state index in [4.69, 9.17) is 11.6 Å². The smallest absolute Gasteiger partial charge is 0.271 e. The standard InChI is InChI=1S/C32H33ClN4O3/c33-25-13-14-27-26(20-25)30(24-10-5-2-6-11-24)31(36-27)32(40)37-19-7-17-34-28(38)15-12-23(16-18-35-29(39)21-37)22-8-3-1-4-9-22/h1-6,8-11,13-14,20,23,36H,7,12,15-19,21H2,(H,34,38)(H,35,39). The summed E-state index contributed by atoms with van der Waals surface area (Å²) in [4.78, 5) is 44.5. The summed E-state index contributed by atoms with van der Waals surface area (Å²) >= 11 is 6.33. The third-order valence-corrected chi connectivity index (χ3v) is 7.63. The second-order valence-electron chi connectivity index (χ2n) is 10.1. The highest BCUT2D eigenvalue weighted by Crippen LogP contribution is 2.34. The van der Waals surface area contributed by atoms with Gasteiger partial charge in [-0.25, -0.2) is 0 Å². The zero-order chi connectivity index (χ0) is 27.9. The SMILES string of the molecule is O=C1CCC(c2ccccc2)CCNC(=O)CN(C(=O)c2[nH]c3ccc(Cl)cc3c2-c2ccccc2)CCCN1. The third kappa shape index (κ3) is 6.54. The number of aromatic nitrogens is 1. The van der Waals surface area contributed by atoms with Gasteiger partial charge >= 0.3 is 0 Å². The number of nitrogens with zero attached hydrogens (tertiary/aromatic N) is 1. The summed E-state index contributed by atoms with van der Waals surface area (Å²) in [6.45, 7) is 1.13. The van der Waals surface area contributed by atoms with Gasteiger partial charge in [-0.3, -0.25) is 14.4 Å². The van der Waals surface area contributed by atoms with Crippen LogP contribution in [0, 0.1) is 0 Å². The summed E-state index contributed by atoms with van der Waals surface area (Å²) in [7, 11) is 0. The first kappa shape index (κ1) is 27.5. The van der Waals surface area contributed by atoms with Gasteiger partial charge in [0.1, 0.15) is 5.69 Å². The second-order valence-corrected chi connectivity index (χ2v) is 10.6. The number of hydrogen-bond acceptors (Lipinski definition) is 3. The highest BCUT2D eigenvalue weighted by Gasteiger charge is 2.26. The molecule has 7 nitrogen and oxygen atoms in total. The fourth-order valence-corrected chi connectivity index (χ4v) is 5.52. The summed E-state index contributed by atoms with van der Waals surface area (Å²) in [5, 5.41) is 7.40. The largest absolute Gasteiger partial charge is 0.356 e. The molecule has 0 radical (unpaired) electrons. The number of halogens is 1. The Bertz CT molecular complexity index is 1490. The van der Waals surface area contributed by atoms with Crippen LogP contribution in [0.2, 0.25) is 5.02 Å². The van der Waals surface area contributed by atoms with E-state index in [9.17, 15) is 14.4 Å². The molecule has 0 spiro atoms. The molecule has 1 fully saturated rings. The summed E-state index contributed by atoms with van der Waals surface area (Å²) in [6.07, 6.45) is 2.36. The lowest BCUT2D eigenvalue weighted by Crippen LogP contribution is -2.43. The van der Waals surface area contributed by atoms with Crippen molar-refractivity contribution in [2.45, 2.75) is 31.6 Å².